The van der Waals surface area contributed by atoms with Crippen LogP contribution < -0.4 is 4.90 Å². The SMILES string of the molecule is C/C(=C(/C#N)C(=O)O)c1ccc2c(c1)C1CCCC1N2c1ccc(-c2ccc(C=C(c3ccccc3)c3ccccc3)cc2)cc1. The van der Waals surface area contributed by atoms with Gasteiger partial charge in [-0.2, -0.15) is 5.26 Å². The number of nitrogens with zero attached hydrogens (tertiary/aromatic N) is 2. The van der Waals surface area contributed by atoms with Gasteiger partial charge >= 0.3 is 5.97 Å². The highest BCUT2D eigenvalue weighted by atomic mass is 16.4. The first-order valence-electron chi connectivity index (χ1n) is 15.8. The molecule has 0 radical (unpaired) electrons. The number of carboxylic acid groups (broad SMARTS) is 1. The normalized spacial score (nSPS) is 17.0. The molecule has 46 heavy (non-hydrogen) atoms. The summed E-state index contributed by atoms with van der Waals surface area (Å²) in [6.45, 7) is 1.72. The van der Waals surface area contributed by atoms with Gasteiger partial charge < -0.3 is 10.0 Å². The second-order valence-corrected chi connectivity index (χ2v) is 12.1. The van der Waals surface area contributed by atoms with Gasteiger partial charge in [-0.15, -0.1) is 0 Å². The first kappa shape index (κ1) is 29.1. The van der Waals surface area contributed by atoms with Crippen LogP contribution in [-0.4, -0.2) is 17.1 Å². The van der Waals surface area contributed by atoms with Gasteiger partial charge in [0.25, 0.3) is 0 Å². The third-order valence-electron chi connectivity index (χ3n) is 9.50. The average Bonchev–Trinajstić information content (AvgIpc) is 3.69. The minimum Gasteiger partial charge on any atom is -0.477 e. The molecule has 1 aliphatic heterocycles. The number of carboxylic acids is 1. The Morgan fingerprint density at radius 1 is 0.783 bits per heavy atom. The van der Waals surface area contributed by atoms with Crippen molar-refractivity contribution in [2.75, 3.05) is 4.90 Å². The number of allylic oxidation sites excluding steroid dienone is 1. The second kappa shape index (κ2) is 12.4. The van der Waals surface area contributed by atoms with Crippen molar-refractivity contribution < 1.29 is 9.90 Å². The molecule has 0 bridgehead atoms. The fourth-order valence-electron chi connectivity index (χ4n) is 7.18. The minimum absolute atomic E-state index is 0.203. The van der Waals surface area contributed by atoms with Crippen molar-refractivity contribution >= 4 is 34.6 Å². The number of aliphatic carboxylic acids is 1. The number of fused-ring (bicyclic) bond motifs is 3. The molecule has 2 aliphatic rings. The number of nitriles is 1. The van der Waals surface area contributed by atoms with Gasteiger partial charge in [0.15, 0.2) is 0 Å². The fraction of sp³-hybridized carbons (Fsp3) is 0.143. The summed E-state index contributed by atoms with van der Waals surface area (Å²) in [5.41, 5.74) is 11.8. The molecule has 5 aromatic rings. The zero-order valence-electron chi connectivity index (χ0n) is 25.7. The van der Waals surface area contributed by atoms with Crippen LogP contribution in [0.25, 0.3) is 28.3 Å². The highest BCUT2D eigenvalue weighted by Gasteiger charge is 2.42. The summed E-state index contributed by atoms with van der Waals surface area (Å²) in [6, 6.07) is 47.0. The molecule has 0 saturated heterocycles. The molecule has 224 valence electrons. The summed E-state index contributed by atoms with van der Waals surface area (Å²) >= 11 is 0. The Morgan fingerprint density at radius 2 is 1.39 bits per heavy atom. The number of carbonyl (C=O) groups is 1. The molecule has 1 heterocycles. The van der Waals surface area contributed by atoms with E-state index in [9.17, 15) is 15.2 Å². The first-order chi connectivity index (χ1) is 22.5. The number of anilines is 2. The van der Waals surface area contributed by atoms with Crippen molar-refractivity contribution in [2.45, 2.75) is 38.1 Å². The van der Waals surface area contributed by atoms with E-state index in [2.05, 4.69) is 120 Å². The van der Waals surface area contributed by atoms with E-state index in [4.69, 9.17) is 0 Å². The Labute approximate surface area is 270 Å². The summed E-state index contributed by atoms with van der Waals surface area (Å²) < 4.78 is 0. The minimum atomic E-state index is -1.18. The molecule has 1 saturated carbocycles. The molecular formula is C42H34N2O2. The summed E-state index contributed by atoms with van der Waals surface area (Å²) in [5, 5.41) is 18.9. The summed E-state index contributed by atoms with van der Waals surface area (Å²) in [6.07, 6.45) is 5.65. The predicted octanol–water partition coefficient (Wildman–Crippen LogP) is 10.1. The molecule has 1 aliphatic carbocycles. The Morgan fingerprint density at radius 3 is 1.98 bits per heavy atom. The lowest BCUT2D eigenvalue weighted by atomic mass is 9.93. The molecule has 4 nitrogen and oxygen atoms in total. The van der Waals surface area contributed by atoms with E-state index in [0.29, 0.717) is 17.5 Å². The zero-order chi connectivity index (χ0) is 31.6. The van der Waals surface area contributed by atoms with E-state index in [1.54, 1.807) is 6.92 Å². The van der Waals surface area contributed by atoms with E-state index >= 15 is 0 Å². The van der Waals surface area contributed by atoms with Crippen LogP contribution in [0.15, 0.2) is 133 Å². The monoisotopic (exact) mass is 598 g/mol. The number of hydrogen-bond donors (Lipinski definition) is 1. The van der Waals surface area contributed by atoms with Gasteiger partial charge in [0.05, 0.1) is 0 Å². The highest BCUT2D eigenvalue weighted by molar-refractivity contribution is 6.00. The van der Waals surface area contributed by atoms with Crippen LogP contribution in [0.2, 0.25) is 0 Å². The van der Waals surface area contributed by atoms with E-state index in [1.807, 2.05) is 24.3 Å². The number of hydrogen-bond acceptors (Lipinski definition) is 3. The molecule has 4 heteroatoms. The van der Waals surface area contributed by atoms with Crippen molar-refractivity contribution in [3.63, 3.8) is 0 Å². The van der Waals surface area contributed by atoms with Gasteiger partial charge in [-0.05, 0) is 100 Å². The van der Waals surface area contributed by atoms with Gasteiger partial charge in [0.1, 0.15) is 11.6 Å². The number of rotatable bonds is 7. The molecule has 0 amide bonds. The molecule has 5 aromatic carbocycles. The highest BCUT2D eigenvalue weighted by Crippen LogP contribution is 2.53. The Hall–Kier alpha value is -5.66. The van der Waals surface area contributed by atoms with Gasteiger partial charge in [0, 0.05) is 23.3 Å². The summed E-state index contributed by atoms with van der Waals surface area (Å²) in [7, 11) is 0. The van der Waals surface area contributed by atoms with Crippen molar-refractivity contribution in [3.05, 3.63) is 161 Å². The van der Waals surface area contributed by atoms with Crippen LogP contribution in [0.4, 0.5) is 11.4 Å². The van der Waals surface area contributed by atoms with Crippen LogP contribution in [-0.2, 0) is 4.79 Å². The smallest absolute Gasteiger partial charge is 0.346 e. The fourth-order valence-corrected chi connectivity index (χ4v) is 7.18. The molecule has 1 N–H and O–H groups in total. The van der Waals surface area contributed by atoms with Crippen molar-refractivity contribution in [3.8, 4) is 17.2 Å². The predicted molar refractivity (Wildman–Crippen MR) is 187 cm³/mol. The lowest BCUT2D eigenvalue weighted by Gasteiger charge is -2.27. The lowest BCUT2D eigenvalue weighted by Crippen LogP contribution is -2.26. The molecule has 2 atom stereocenters. The van der Waals surface area contributed by atoms with Gasteiger partial charge in [0.2, 0.25) is 0 Å². The Kier molecular flexibility index (Phi) is 7.83. The van der Waals surface area contributed by atoms with Crippen LogP contribution in [0, 0.1) is 11.3 Å². The topological polar surface area (TPSA) is 64.3 Å². The van der Waals surface area contributed by atoms with Crippen LogP contribution >= 0.6 is 0 Å². The van der Waals surface area contributed by atoms with E-state index in [0.717, 1.165) is 36.1 Å². The van der Waals surface area contributed by atoms with E-state index < -0.39 is 5.97 Å². The standard InChI is InChI=1S/C42H34N2O2/c1-28(39(27-43)42(45)46)34-21-24-41-38(26-34)36-13-8-14-40(36)44(41)35-22-19-31(20-23-35)30-17-15-29(16-18-30)25-37(32-9-4-2-5-10-32)33-11-6-3-7-12-33/h2-7,9-12,15-26,36,40H,8,13-14H2,1H3,(H,45,46)/b39-28+. The maximum Gasteiger partial charge on any atom is 0.346 e. The molecule has 2 unspecified atom stereocenters. The van der Waals surface area contributed by atoms with Gasteiger partial charge in [-0.25, -0.2) is 4.79 Å². The van der Waals surface area contributed by atoms with Gasteiger partial charge in [-0.3, -0.25) is 0 Å². The second-order valence-electron chi connectivity index (χ2n) is 12.1. The maximum atomic E-state index is 11.6. The third kappa shape index (κ3) is 5.42. The Balaban J connectivity index is 1.16. The van der Waals surface area contributed by atoms with Crippen LogP contribution in [0.3, 0.4) is 0 Å². The largest absolute Gasteiger partial charge is 0.477 e. The van der Waals surface area contributed by atoms with Crippen molar-refractivity contribution in [1.82, 2.24) is 0 Å². The third-order valence-corrected chi connectivity index (χ3v) is 9.50. The summed E-state index contributed by atoms with van der Waals surface area (Å²) in [4.78, 5) is 14.1. The average molecular weight is 599 g/mol. The molecular weight excluding hydrogens is 564 g/mol. The van der Waals surface area contributed by atoms with Crippen molar-refractivity contribution in [1.29, 1.82) is 5.26 Å². The lowest BCUT2D eigenvalue weighted by molar-refractivity contribution is -0.132. The van der Waals surface area contributed by atoms with Crippen molar-refractivity contribution in [2.24, 2.45) is 0 Å². The van der Waals surface area contributed by atoms with Crippen LogP contribution in [0.1, 0.15) is 59.9 Å². The maximum absolute atomic E-state index is 11.6. The first-order valence-corrected chi connectivity index (χ1v) is 15.8. The van der Waals surface area contributed by atoms with Gasteiger partial charge in [-0.1, -0.05) is 110 Å². The van der Waals surface area contributed by atoms with E-state index in [-0.39, 0.29) is 5.57 Å². The van der Waals surface area contributed by atoms with E-state index in [1.165, 1.54) is 39.1 Å². The summed E-state index contributed by atoms with van der Waals surface area (Å²) in [5.74, 6) is -0.786. The molecule has 7 rings (SSSR count). The Bertz CT molecular complexity index is 1960. The van der Waals surface area contributed by atoms with Crippen LogP contribution in [0.5, 0.6) is 0 Å². The number of benzene rings is 5. The molecule has 1 fully saturated rings. The molecule has 0 aromatic heterocycles. The zero-order valence-corrected chi connectivity index (χ0v) is 25.7. The quantitative estimate of drug-likeness (QED) is 0.115. The molecule has 0 spiro atoms.